The molecule has 0 unspecified atom stereocenters. The average molecular weight is 255 g/mol. The van der Waals surface area contributed by atoms with Gasteiger partial charge in [0.05, 0.1) is 0 Å². The van der Waals surface area contributed by atoms with Gasteiger partial charge in [0.15, 0.2) is 0 Å². The van der Waals surface area contributed by atoms with Gasteiger partial charge in [0.1, 0.15) is 0 Å². The zero-order valence-electron chi connectivity index (χ0n) is 12.4. The van der Waals surface area contributed by atoms with E-state index in [-0.39, 0.29) is 11.9 Å². The highest BCUT2D eigenvalue weighted by Gasteiger charge is 2.28. The lowest BCUT2D eigenvalue weighted by molar-refractivity contribution is -0.121. The van der Waals surface area contributed by atoms with Crippen molar-refractivity contribution < 1.29 is 4.79 Å². The first-order valence-corrected chi connectivity index (χ1v) is 7.10. The molecule has 1 saturated heterocycles. The molecule has 2 N–H and O–H groups in total. The molecule has 1 amide bonds. The summed E-state index contributed by atoms with van der Waals surface area (Å²) >= 11 is 0. The van der Waals surface area contributed by atoms with Crippen LogP contribution in [0, 0.1) is 5.41 Å². The van der Waals surface area contributed by atoms with Crippen LogP contribution >= 0.6 is 0 Å². The number of amides is 1. The van der Waals surface area contributed by atoms with Gasteiger partial charge in [-0.3, -0.25) is 4.79 Å². The monoisotopic (exact) mass is 255 g/mol. The second-order valence-corrected chi connectivity index (χ2v) is 6.26. The molecule has 1 rings (SSSR count). The lowest BCUT2D eigenvalue weighted by atomic mass is 9.80. The third-order valence-electron chi connectivity index (χ3n) is 3.72. The van der Waals surface area contributed by atoms with Gasteiger partial charge in [-0.1, -0.05) is 6.92 Å². The van der Waals surface area contributed by atoms with E-state index in [2.05, 4.69) is 29.5 Å². The highest BCUT2D eigenvalue weighted by Crippen LogP contribution is 2.29. The van der Waals surface area contributed by atoms with Crippen molar-refractivity contribution in [3.8, 4) is 0 Å². The number of likely N-dealkylation sites (tertiary alicyclic amines) is 1. The maximum Gasteiger partial charge on any atom is 0.221 e. The summed E-state index contributed by atoms with van der Waals surface area (Å²) in [5.74, 6) is 0.144. The summed E-state index contributed by atoms with van der Waals surface area (Å²) < 4.78 is 0. The fourth-order valence-electron chi connectivity index (χ4n) is 2.32. The molecule has 18 heavy (non-hydrogen) atoms. The molecule has 0 bridgehead atoms. The summed E-state index contributed by atoms with van der Waals surface area (Å²) in [5, 5.41) is 6.35. The summed E-state index contributed by atoms with van der Waals surface area (Å²) in [6, 6.07) is 0.240. The molecule has 106 valence electrons. The minimum Gasteiger partial charge on any atom is -0.354 e. The summed E-state index contributed by atoms with van der Waals surface area (Å²) in [4.78, 5) is 13.9. The molecule has 1 aliphatic heterocycles. The standard InChI is InChI=1S/C14H29N3O/c1-12(2)16-13(18)5-8-15-11-14(3)6-9-17(4)10-7-14/h12,15H,5-11H2,1-4H3,(H,16,18). The minimum atomic E-state index is 0.144. The molecule has 0 saturated carbocycles. The molecule has 0 aromatic heterocycles. The molecule has 1 fully saturated rings. The van der Waals surface area contributed by atoms with Gasteiger partial charge in [-0.15, -0.1) is 0 Å². The van der Waals surface area contributed by atoms with E-state index in [1.165, 1.54) is 25.9 Å². The van der Waals surface area contributed by atoms with Crippen LogP contribution in [-0.2, 0) is 4.79 Å². The van der Waals surface area contributed by atoms with Gasteiger partial charge in [0.2, 0.25) is 5.91 Å². The third-order valence-corrected chi connectivity index (χ3v) is 3.72. The molecule has 1 heterocycles. The van der Waals surface area contributed by atoms with Crippen LogP contribution in [0.5, 0.6) is 0 Å². The van der Waals surface area contributed by atoms with Gasteiger partial charge in [-0.25, -0.2) is 0 Å². The number of rotatable bonds is 6. The number of carbonyl (C=O) groups excluding carboxylic acids is 1. The molecule has 4 nitrogen and oxygen atoms in total. The molecule has 0 atom stereocenters. The maximum atomic E-state index is 11.5. The van der Waals surface area contributed by atoms with Crippen molar-refractivity contribution in [1.82, 2.24) is 15.5 Å². The third kappa shape index (κ3) is 5.83. The summed E-state index contributed by atoms with van der Waals surface area (Å²) in [5.41, 5.74) is 0.404. The Morgan fingerprint density at radius 2 is 1.94 bits per heavy atom. The minimum absolute atomic E-state index is 0.144. The first-order chi connectivity index (χ1) is 8.41. The molecular weight excluding hydrogens is 226 g/mol. The quantitative estimate of drug-likeness (QED) is 0.702. The van der Waals surface area contributed by atoms with E-state index >= 15 is 0 Å². The molecule has 0 aromatic carbocycles. The predicted octanol–water partition coefficient (Wildman–Crippen LogP) is 1.22. The van der Waals surface area contributed by atoms with E-state index in [1.54, 1.807) is 0 Å². The van der Waals surface area contributed by atoms with Crippen LogP contribution < -0.4 is 10.6 Å². The van der Waals surface area contributed by atoms with Crippen molar-refractivity contribution in [2.75, 3.05) is 33.2 Å². The van der Waals surface area contributed by atoms with E-state index in [0.717, 1.165) is 13.1 Å². The topological polar surface area (TPSA) is 44.4 Å². The van der Waals surface area contributed by atoms with Crippen LogP contribution in [0.25, 0.3) is 0 Å². The van der Waals surface area contributed by atoms with Gasteiger partial charge in [0.25, 0.3) is 0 Å². The average Bonchev–Trinajstić information content (AvgIpc) is 2.28. The van der Waals surface area contributed by atoms with Gasteiger partial charge in [-0.05, 0) is 52.2 Å². The molecule has 0 spiro atoms. The smallest absolute Gasteiger partial charge is 0.221 e. The second kappa shape index (κ2) is 7.10. The van der Waals surface area contributed by atoms with E-state index < -0.39 is 0 Å². The van der Waals surface area contributed by atoms with Crippen LogP contribution in [0.1, 0.15) is 40.0 Å². The molecule has 4 heteroatoms. The SMILES string of the molecule is CC(C)NC(=O)CCNCC1(C)CCN(C)CC1. The van der Waals surface area contributed by atoms with E-state index in [9.17, 15) is 4.79 Å². The fourth-order valence-corrected chi connectivity index (χ4v) is 2.32. The van der Waals surface area contributed by atoms with Gasteiger partial charge < -0.3 is 15.5 Å². The highest BCUT2D eigenvalue weighted by molar-refractivity contribution is 5.76. The zero-order valence-corrected chi connectivity index (χ0v) is 12.4. The van der Waals surface area contributed by atoms with Crippen molar-refractivity contribution in [2.45, 2.75) is 46.1 Å². The van der Waals surface area contributed by atoms with Gasteiger partial charge in [0, 0.05) is 25.6 Å². The maximum absolute atomic E-state index is 11.5. The van der Waals surface area contributed by atoms with E-state index in [0.29, 0.717) is 11.8 Å². The number of hydrogen-bond acceptors (Lipinski definition) is 3. The Balaban J connectivity index is 2.12. The Labute approximate surface area is 111 Å². The van der Waals surface area contributed by atoms with Crippen LogP contribution in [0.3, 0.4) is 0 Å². The van der Waals surface area contributed by atoms with E-state index in [1.807, 2.05) is 13.8 Å². The Morgan fingerprint density at radius 1 is 1.33 bits per heavy atom. The Kier molecular flexibility index (Phi) is 6.09. The normalized spacial score (nSPS) is 20.1. The zero-order chi connectivity index (χ0) is 13.6. The van der Waals surface area contributed by atoms with E-state index in [4.69, 9.17) is 0 Å². The second-order valence-electron chi connectivity index (χ2n) is 6.26. The van der Waals surface area contributed by atoms with Gasteiger partial charge in [-0.2, -0.15) is 0 Å². The summed E-state index contributed by atoms with van der Waals surface area (Å²) in [7, 11) is 2.18. The van der Waals surface area contributed by atoms with Crippen molar-refractivity contribution in [1.29, 1.82) is 0 Å². The molecule has 1 aliphatic rings. The van der Waals surface area contributed by atoms with Crippen LogP contribution in [0.15, 0.2) is 0 Å². The summed E-state index contributed by atoms with van der Waals surface area (Å²) in [6.07, 6.45) is 3.07. The fraction of sp³-hybridized carbons (Fsp3) is 0.929. The van der Waals surface area contributed by atoms with Crippen molar-refractivity contribution in [3.05, 3.63) is 0 Å². The number of nitrogens with one attached hydrogen (secondary N) is 2. The largest absolute Gasteiger partial charge is 0.354 e. The molecular formula is C14H29N3O. The lowest BCUT2D eigenvalue weighted by Crippen LogP contribution is -2.42. The first kappa shape index (κ1) is 15.4. The Morgan fingerprint density at radius 3 is 2.50 bits per heavy atom. The number of nitrogens with zero attached hydrogens (tertiary/aromatic N) is 1. The van der Waals surface area contributed by atoms with Crippen molar-refractivity contribution in [2.24, 2.45) is 5.41 Å². The number of hydrogen-bond donors (Lipinski definition) is 2. The van der Waals surface area contributed by atoms with Crippen LogP contribution in [0.4, 0.5) is 0 Å². The van der Waals surface area contributed by atoms with Crippen molar-refractivity contribution >= 4 is 5.91 Å². The molecule has 0 radical (unpaired) electrons. The lowest BCUT2D eigenvalue weighted by Gasteiger charge is -2.38. The Bertz CT molecular complexity index is 258. The Hall–Kier alpha value is -0.610. The van der Waals surface area contributed by atoms with Crippen molar-refractivity contribution in [3.63, 3.8) is 0 Å². The van der Waals surface area contributed by atoms with Crippen LogP contribution in [0.2, 0.25) is 0 Å². The first-order valence-electron chi connectivity index (χ1n) is 7.10. The molecule has 0 aliphatic carbocycles. The summed E-state index contributed by atoms with van der Waals surface area (Å²) in [6.45, 7) is 10.5. The molecule has 0 aromatic rings. The predicted molar refractivity (Wildman–Crippen MR) is 75.6 cm³/mol. The number of carbonyl (C=O) groups is 1. The van der Waals surface area contributed by atoms with Gasteiger partial charge >= 0.3 is 0 Å². The highest BCUT2D eigenvalue weighted by atomic mass is 16.1. The van der Waals surface area contributed by atoms with Crippen LogP contribution in [-0.4, -0.2) is 50.1 Å². The number of piperidine rings is 1.